The van der Waals surface area contributed by atoms with Crippen LogP contribution in [0.15, 0.2) is 12.7 Å². The molecule has 0 aromatic carbocycles. The highest BCUT2D eigenvalue weighted by Crippen LogP contribution is 1.92. The van der Waals surface area contributed by atoms with Crippen molar-refractivity contribution in [2.45, 2.75) is 73.2 Å². The second-order valence-electron chi connectivity index (χ2n) is 6.94. The molecule has 0 spiro atoms. The van der Waals surface area contributed by atoms with E-state index in [0.717, 1.165) is 19.6 Å². The molecule has 0 aromatic rings. The Morgan fingerprint density at radius 2 is 1.18 bits per heavy atom. The van der Waals surface area contributed by atoms with Crippen molar-refractivity contribution in [2.24, 2.45) is 0 Å². The van der Waals surface area contributed by atoms with Gasteiger partial charge in [0.1, 0.15) is 6.79 Å². The van der Waals surface area contributed by atoms with Crippen molar-refractivity contribution in [2.75, 3.05) is 94.2 Å². The molecule has 11 heteroatoms. The molecule has 0 saturated carbocycles. The first kappa shape index (κ1) is 50.2. The molecule has 0 aliphatic heterocycles. The summed E-state index contributed by atoms with van der Waals surface area (Å²) in [5.41, 5.74) is 0. The molecule has 0 aliphatic carbocycles. The summed E-state index contributed by atoms with van der Waals surface area (Å²) in [5.74, 6) is 0. The minimum Gasteiger partial charge on any atom is -0.394 e. The molecule has 0 saturated heterocycles. The van der Waals surface area contributed by atoms with E-state index in [0.29, 0.717) is 39.6 Å². The summed E-state index contributed by atoms with van der Waals surface area (Å²) in [6, 6.07) is 0. The third-order valence-electron chi connectivity index (χ3n) is 3.29. The van der Waals surface area contributed by atoms with Gasteiger partial charge in [-0.15, -0.1) is 6.58 Å². The molecule has 3 atom stereocenters. The van der Waals surface area contributed by atoms with Gasteiger partial charge in [0.2, 0.25) is 0 Å². The second kappa shape index (κ2) is 56.5. The zero-order valence-electron chi connectivity index (χ0n) is 26.1. The van der Waals surface area contributed by atoms with Crippen LogP contribution in [0, 0.1) is 0 Å². The third kappa shape index (κ3) is 76.5. The van der Waals surface area contributed by atoms with E-state index in [1.807, 2.05) is 34.6 Å². The number of hydrogen-bond donors (Lipinski definition) is 4. The monoisotopic (exact) mass is 564 g/mol. The molecular formula is C27H64O11. The van der Waals surface area contributed by atoms with Crippen LogP contribution in [0.3, 0.4) is 0 Å². The number of methoxy groups -OCH3 is 3. The number of hydrogen-bond acceptors (Lipinski definition) is 11. The second-order valence-corrected chi connectivity index (χ2v) is 6.94. The van der Waals surface area contributed by atoms with Gasteiger partial charge in [-0.25, -0.2) is 0 Å². The van der Waals surface area contributed by atoms with Gasteiger partial charge in [0.05, 0.1) is 71.2 Å². The van der Waals surface area contributed by atoms with E-state index in [1.165, 1.54) is 0 Å². The Kier molecular flexibility index (Phi) is 74.6. The van der Waals surface area contributed by atoms with Crippen molar-refractivity contribution >= 4 is 0 Å². The molecule has 0 rings (SSSR count). The molecule has 11 nitrogen and oxygen atoms in total. The average Bonchev–Trinajstić information content (AvgIpc) is 2.92. The minimum absolute atomic E-state index is 0.0139. The maximum absolute atomic E-state index is 8.35. The van der Waals surface area contributed by atoms with Gasteiger partial charge in [0.25, 0.3) is 0 Å². The highest BCUT2D eigenvalue weighted by molar-refractivity contribution is 4.62. The molecule has 0 fully saturated rings. The summed E-state index contributed by atoms with van der Waals surface area (Å²) in [7, 11) is 4.99. The Balaban J connectivity index is -0.0000000869. The van der Waals surface area contributed by atoms with Crippen LogP contribution < -0.4 is 0 Å². The van der Waals surface area contributed by atoms with Crippen LogP contribution in [0.2, 0.25) is 0 Å². The van der Waals surface area contributed by atoms with Gasteiger partial charge in [-0.05, 0) is 34.1 Å². The lowest BCUT2D eigenvalue weighted by atomic mass is 10.4. The Bertz CT molecular complexity index is 338. The number of aliphatic hydroxyl groups is 4. The smallest absolute Gasteiger partial charge is 0.140 e. The van der Waals surface area contributed by atoms with Crippen molar-refractivity contribution < 1.29 is 53.6 Å². The van der Waals surface area contributed by atoms with E-state index < -0.39 is 6.79 Å². The van der Waals surface area contributed by atoms with Gasteiger partial charge in [-0.3, -0.25) is 0 Å². The van der Waals surface area contributed by atoms with Crippen LogP contribution in [-0.2, 0) is 33.2 Å². The molecule has 0 heterocycles. The summed E-state index contributed by atoms with van der Waals surface area (Å²) in [6.45, 7) is 21.7. The van der Waals surface area contributed by atoms with E-state index >= 15 is 0 Å². The molecule has 0 bridgehead atoms. The zero-order valence-corrected chi connectivity index (χ0v) is 26.1. The summed E-state index contributed by atoms with van der Waals surface area (Å²) < 4.78 is 34.9. The quantitative estimate of drug-likeness (QED) is 0.111. The lowest BCUT2D eigenvalue weighted by Gasteiger charge is -2.11. The van der Waals surface area contributed by atoms with Gasteiger partial charge in [0.15, 0.2) is 0 Å². The standard InChI is InChI=1S/C8H18O3.C7H16O2.C5H12O3.C4H8O.C2H6.CH4O2/c1-4-10-7-8(2)11-6-5-9-3;1-4-5-9-7(2)6-8-3;1-5(4-7)8-3-2-6;1-3-4-5-2;1-2;2-1-3/h8H,4-7H2,1-3H3;7H,4-6H2,1-3H3;5-7H,2-4H2,1H3;3H,1,4H2,2H3;1-2H3;2-3H,1H2. The lowest BCUT2D eigenvalue weighted by molar-refractivity contribution is -0.0211. The number of aliphatic hydroxyl groups excluding tert-OH is 3. The maximum Gasteiger partial charge on any atom is 0.140 e. The maximum atomic E-state index is 8.35. The van der Waals surface area contributed by atoms with Gasteiger partial charge in [-0.1, -0.05) is 26.8 Å². The Hall–Kier alpha value is -0.700. The fraction of sp³-hybridized carbons (Fsp3) is 0.926. The van der Waals surface area contributed by atoms with Gasteiger partial charge >= 0.3 is 0 Å². The van der Waals surface area contributed by atoms with E-state index in [1.54, 1.807) is 34.3 Å². The predicted molar refractivity (Wildman–Crippen MR) is 154 cm³/mol. The van der Waals surface area contributed by atoms with Crippen molar-refractivity contribution in [3.63, 3.8) is 0 Å². The first-order chi connectivity index (χ1) is 18.3. The van der Waals surface area contributed by atoms with Crippen molar-refractivity contribution in [3.05, 3.63) is 12.7 Å². The van der Waals surface area contributed by atoms with E-state index in [2.05, 4.69) is 18.2 Å². The molecule has 0 radical (unpaired) electrons. The van der Waals surface area contributed by atoms with Crippen molar-refractivity contribution in [3.8, 4) is 0 Å². The highest BCUT2D eigenvalue weighted by atomic mass is 16.5. The molecular weight excluding hydrogens is 500 g/mol. The molecule has 0 aromatic heterocycles. The Morgan fingerprint density at radius 3 is 1.53 bits per heavy atom. The number of ether oxygens (including phenoxy) is 7. The Morgan fingerprint density at radius 1 is 0.684 bits per heavy atom. The molecule has 3 unspecified atom stereocenters. The summed E-state index contributed by atoms with van der Waals surface area (Å²) in [6.07, 6.45) is 3.05. The topological polar surface area (TPSA) is 146 Å². The fourth-order valence-electron chi connectivity index (χ4n) is 1.69. The first-order valence-electron chi connectivity index (χ1n) is 13.2. The van der Waals surface area contributed by atoms with Crippen LogP contribution in [0.4, 0.5) is 0 Å². The van der Waals surface area contributed by atoms with E-state index in [4.69, 9.17) is 48.8 Å². The average molecular weight is 565 g/mol. The van der Waals surface area contributed by atoms with Crippen molar-refractivity contribution in [1.82, 2.24) is 0 Å². The highest BCUT2D eigenvalue weighted by Gasteiger charge is 2.00. The lowest BCUT2D eigenvalue weighted by Crippen LogP contribution is -2.18. The van der Waals surface area contributed by atoms with E-state index in [9.17, 15) is 0 Å². The molecule has 0 aliphatic rings. The van der Waals surface area contributed by atoms with Crippen LogP contribution in [0.25, 0.3) is 0 Å². The predicted octanol–water partition coefficient (Wildman–Crippen LogP) is 2.67. The van der Waals surface area contributed by atoms with Crippen molar-refractivity contribution in [1.29, 1.82) is 0 Å². The van der Waals surface area contributed by atoms with Gasteiger partial charge in [0, 0.05) is 34.5 Å². The summed E-state index contributed by atoms with van der Waals surface area (Å²) in [5, 5.41) is 30.8. The van der Waals surface area contributed by atoms with Crippen LogP contribution >= 0.6 is 0 Å². The zero-order chi connectivity index (χ0) is 30.9. The summed E-state index contributed by atoms with van der Waals surface area (Å²) in [4.78, 5) is 0. The van der Waals surface area contributed by atoms with Crippen LogP contribution in [0.5, 0.6) is 0 Å². The van der Waals surface area contributed by atoms with E-state index in [-0.39, 0.29) is 31.5 Å². The SMILES string of the molecule is C=CCOC.CC.CC(CO)OCCO.CCCOC(C)COC.CCOCC(C)OCCOC.OCO. The molecule has 4 N–H and O–H groups in total. The van der Waals surface area contributed by atoms with Gasteiger partial charge < -0.3 is 53.6 Å². The normalized spacial score (nSPS) is 11.6. The first-order valence-corrected chi connectivity index (χ1v) is 13.2. The fourth-order valence-corrected chi connectivity index (χ4v) is 1.69. The van der Waals surface area contributed by atoms with Crippen LogP contribution in [0.1, 0.15) is 54.9 Å². The third-order valence-corrected chi connectivity index (χ3v) is 3.29. The summed E-state index contributed by atoms with van der Waals surface area (Å²) >= 11 is 0. The largest absolute Gasteiger partial charge is 0.394 e. The molecule has 38 heavy (non-hydrogen) atoms. The number of rotatable bonds is 18. The van der Waals surface area contributed by atoms with Gasteiger partial charge in [-0.2, -0.15) is 0 Å². The van der Waals surface area contributed by atoms with Crippen LogP contribution in [-0.4, -0.2) is 133 Å². The minimum atomic E-state index is -0.750. The molecule has 238 valence electrons. The molecule has 0 amide bonds. The Labute approximate surface area is 234 Å².